The summed E-state index contributed by atoms with van der Waals surface area (Å²) in [6.07, 6.45) is 0. The highest BCUT2D eigenvalue weighted by Crippen LogP contribution is 2.27. The zero-order valence-corrected chi connectivity index (χ0v) is 7.42. The van der Waals surface area contributed by atoms with Crippen molar-refractivity contribution in [3.63, 3.8) is 0 Å². The Bertz CT molecular complexity index is 304. The van der Waals surface area contributed by atoms with Crippen LogP contribution in [0.5, 0.6) is 0 Å². The average molecular weight is 211 g/mol. The molecule has 0 unspecified atom stereocenters. The molecule has 0 spiro atoms. The lowest BCUT2D eigenvalue weighted by Crippen LogP contribution is -2.05. The largest absolute Gasteiger partial charge is 0.381 e. The molecule has 6 heteroatoms. The van der Waals surface area contributed by atoms with E-state index in [0.717, 1.165) is 0 Å². The van der Waals surface area contributed by atoms with Crippen molar-refractivity contribution in [1.82, 2.24) is 4.98 Å². The Morgan fingerprint density at radius 2 is 1.92 bits per heavy atom. The van der Waals surface area contributed by atoms with E-state index in [2.05, 4.69) is 10.3 Å². The standard InChI is InChI=1S/C7H6ClF3N2/c1-2-12-5-3(8)6(10)13-7(11)4(5)9/h2H2,1H3,(H,12,13). The number of nitrogens with zero attached hydrogens (tertiary/aromatic N) is 1. The van der Waals surface area contributed by atoms with Crippen LogP contribution in [0.3, 0.4) is 0 Å². The number of halogens is 4. The van der Waals surface area contributed by atoms with E-state index < -0.39 is 28.4 Å². The molecule has 1 aromatic rings. The molecule has 0 aliphatic rings. The summed E-state index contributed by atoms with van der Waals surface area (Å²) >= 11 is 5.34. The summed E-state index contributed by atoms with van der Waals surface area (Å²) in [7, 11) is 0. The normalized spacial score (nSPS) is 10.2. The Morgan fingerprint density at radius 1 is 1.31 bits per heavy atom. The van der Waals surface area contributed by atoms with Gasteiger partial charge in [0.1, 0.15) is 5.02 Å². The molecule has 1 N–H and O–H groups in total. The van der Waals surface area contributed by atoms with Gasteiger partial charge in [0.2, 0.25) is 11.8 Å². The molecule has 0 bridgehead atoms. The molecule has 0 saturated heterocycles. The first-order chi connectivity index (χ1) is 6.07. The number of rotatable bonds is 2. The van der Waals surface area contributed by atoms with Gasteiger partial charge in [-0.2, -0.15) is 18.2 Å². The van der Waals surface area contributed by atoms with E-state index in [1.165, 1.54) is 0 Å². The maximum Gasteiger partial charge on any atom is 0.253 e. The van der Waals surface area contributed by atoms with Gasteiger partial charge in [-0.1, -0.05) is 11.6 Å². The van der Waals surface area contributed by atoms with Crippen molar-refractivity contribution in [3.8, 4) is 0 Å². The van der Waals surface area contributed by atoms with Crippen molar-refractivity contribution >= 4 is 17.3 Å². The van der Waals surface area contributed by atoms with Gasteiger partial charge >= 0.3 is 0 Å². The van der Waals surface area contributed by atoms with Gasteiger partial charge in [0.05, 0.1) is 5.69 Å². The molecule has 72 valence electrons. The molecular weight excluding hydrogens is 205 g/mol. The zero-order chi connectivity index (χ0) is 10.0. The van der Waals surface area contributed by atoms with Crippen LogP contribution in [0.4, 0.5) is 18.9 Å². The topological polar surface area (TPSA) is 24.9 Å². The molecule has 0 aliphatic carbocycles. The van der Waals surface area contributed by atoms with Gasteiger partial charge in [0.25, 0.3) is 5.95 Å². The Balaban J connectivity index is 3.28. The molecule has 0 radical (unpaired) electrons. The summed E-state index contributed by atoms with van der Waals surface area (Å²) in [6.45, 7) is 1.95. The molecule has 0 aromatic carbocycles. The third-order valence-electron chi connectivity index (χ3n) is 1.35. The summed E-state index contributed by atoms with van der Waals surface area (Å²) in [5.41, 5.74) is -0.394. The maximum absolute atomic E-state index is 12.9. The van der Waals surface area contributed by atoms with Gasteiger partial charge in [-0.05, 0) is 6.92 Å². The van der Waals surface area contributed by atoms with Crippen LogP contribution in [0.1, 0.15) is 6.92 Å². The lowest BCUT2D eigenvalue weighted by atomic mass is 10.3. The first-order valence-electron chi connectivity index (χ1n) is 3.51. The van der Waals surface area contributed by atoms with Crippen LogP contribution in [0.2, 0.25) is 5.02 Å². The number of aromatic nitrogens is 1. The van der Waals surface area contributed by atoms with E-state index in [-0.39, 0.29) is 0 Å². The van der Waals surface area contributed by atoms with Gasteiger partial charge in [-0.25, -0.2) is 0 Å². The van der Waals surface area contributed by atoms with Crippen LogP contribution in [-0.2, 0) is 0 Å². The van der Waals surface area contributed by atoms with Crippen molar-refractivity contribution in [2.45, 2.75) is 6.92 Å². The molecule has 0 saturated carbocycles. The molecule has 1 heterocycles. The monoisotopic (exact) mass is 210 g/mol. The van der Waals surface area contributed by atoms with Gasteiger partial charge in [0, 0.05) is 6.54 Å². The molecule has 13 heavy (non-hydrogen) atoms. The highest BCUT2D eigenvalue weighted by Gasteiger charge is 2.18. The predicted molar refractivity (Wildman–Crippen MR) is 43.3 cm³/mol. The van der Waals surface area contributed by atoms with E-state index in [1.807, 2.05) is 0 Å². The Hall–Kier alpha value is -0.970. The van der Waals surface area contributed by atoms with Crippen molar-refractivity contribution in [3.05, 3.63) is 22.7 Å². The first-order valence-corrected chi connectivity index (χ1v) is 3.89. The number of hydrogen-bond acceptors (Lipinski definition) is 2. The minimum Gasteiger partial charge on any atom is -0.381 e. The van der Waals surface area contributed by atoms with E-state index in [4.69, 9.17) is 11.6 Å². The van der Waals surface area contributed by atoms with E-state index in [9.17, 15) is 13.2 Å². The third-order valence-corrected chi connectivity index (χ3v) is 1.70. The second-order valence-corrected chi connectivity index (χ2v) is 2.60. The summed E-state index contributed by atoms with van der Waals surface area (Å²) < 4.78 is 38.1. The van der Waals surface area contributed by atoms with Gasteiger partial charge in [0.15, 0.2) is 0 Å². The number of nitrogens with one attached hydrogen (secondary N) is 1. The summed E-state index contributed by atoms with van der Waals surface area (Å²) in [5.74, 6) is -4.00. The second kappa shape index (κ2) is 3.83. The Labute approximate surface area is 77.7 Å². The lowest BCUT2D eigenvalue weighted by Gasteiger charge is -2.07. The molecule has 0 aliphatic heterocycles. The fraction of sp³-hybridized carbons (Fsp3) is 0.286. The Kier molecular flexibility index (Phi) is 2.98. The predicted octanol–water partition coefficient (Wildman–Crippen LogP) is 2.58. The molecule has 1 aromatic heterocycles. The Morgan fingerprint density at radius 3 is 2.46 bits per heavy atom. The molecular formula is C7H6ClF3N2. The minimum atomic E-state index is -1.50. The minimum absolute atomic E-state index is 0.305. The summed E-state index contributed by atoms with van der Waals surface area (Å²) in [4.78, 5) is 2.64. The molecule has 1 rings (SSSR count). The molecule has 0 fully saturated rings. The zero-order valence-electron chi connectivity index (χ0n) is 6.67. The van der Waals surface area contributed by atoms with Crippen molar-refractivity contribution in [2.75, 3.05) is 11.9 Å². The van der Waals surface area contributed by atoms with E-state index >= 15 is 0 Å². The highest BCUT2D eigenvalue weighted by molar-refractivity contribution is 6.33. The summed E-state index contributed by atoms with van der Waals surface area (Å²) in [5, 5.41) is 1.86. The average Bonchev–Trinajstić information content (AvgIpc) is 2.09. The van der Waals surface area contributed by atoms with Gasteiger partial charge in [-0.15, -0.1) is 0 Å². The van der Waals surface area contributed by atoms with Gasteiger partial charge < -0.3 is 5.32 Å². The van der Waals surface area contributed by atoms with Crippen molar-refractivity contribution in [1.29, 1.82) is 0 Å². The highest BCUT2D eigenvalue weighted by atomic mass is 35.5. The van der Waals surface area contributed by atoms with E-state index in [0.29, 0.717) is 6.54 Å². The SMILES string of the molecule is CCNc1c(F)c(F)nc(F)c1Cl. The number of pyridine rings is 1. The van der Waals surface area contributed by atoms with Crippen LogP contribution in [0, 0.1) is 17.7 Å². The van der Waals surface area contributed by atoms with Crippen molar-refractivity contribution < 1.29 is 13.2 Å². The molecule has 0 atom stereocenters. The van der Waals surface area contributed by atoms with Crippen LogP contribution >= 0.6 is 11.6 Å². The molecule has 0 amide bonds. The maximum atomic E-state index is 12.9. The summed E-state index contributed by atoms with van der Waals surface area (Å²) in [6, 6.07) is 0. The fourth-order valence-corrected chi connectivity index (χ4v) is 1.01. The smallest absolute Gasteiger partial charge is 0.253 e. The fourth-order valence-electron chi connectivity index (χ4n) is 0.819. The van der Waals surface area contributed by atoms with E-state index in [1.54, 1.807) is 6.92 Å². The third kappa shape index (κ3) is 1.85. The van der Waals surface area contributed by atoms with Crippen molar-refractivity contribution in [2.24, 2.45) is 0 Å². The lowest BCUT2D eigenvalue weighted by molar-refractivity contribution is 0.450. The van der Waals surface area contributed by atoms with Gasteiger partial charge in [-0.3, -0.25) is 0 Å². The van der Waals surface area contributed by atoms with Crippen LogP contribution in [0.25, 0.3) is 0 Å². The van der Waals surface area contributed by atoms with Crippen LogP contribution in [0.15, 0.2) is 0 Å². The quantitative estimate of drug-likeness (QED) is 0.759. The number of hydrogen-bond donors (Lipinski definition) is 1. The van der Waals surface area contributed by atoms with Crippen LogP contribution in [-0.4, -0.2) is 11.5 Å². The second-order valence-electron chi connectivity index (χ2n) is 2.23. The first kappa shape index (κ1) is 10.1. The van der Waals surface area contributed by atoms with Crippen LogP contribution < -0.4 is 5.32 Å². The molecule has 2 nitrogen and oxygen atoms in total. The number of anilines is 1.